The molecule has 0 aromatic heterocycles. The number of alkyl halides is 1. The Morgan fingerprint density at radius 2 is 1.08 bits per heavy atom. The Balaban J connectivity index is 2.42. The van der Waals surface area contributed by atoms with Gasteiger partial charge in [-0.05, 0) is 69.5 Å². The molecule has 0 heterocycles. The maximum atomic E-state index is 15.7. The standard InChI is InChI=1S/C29H42FNO4S/c1-16(2)21-11-22(17(3)4)13-24(12-21)31-36(33,34)35-29(32)28(30)27-25(19(7)8)14-23(18(5)6)15-26(27)20(9)10/h11-20,28,31H,1-10H3. The summed E-state index contributed by atoms with van der Waals surface area (Å²) in [7, 11) is -4.60. The van der Waals surface area contributed by atoms with Crippen LogP contribution in [0, 0.1) is 0 Å². The minimum atomic E-state index is -4.60. The van der Waals surface area contributed by atoms with Crippen LogP contribution in [-0.4, -0.2) is 14.4 Å². The Morgan fingerprint density at radius 3 is 1.44 bits per heavy atom. The summed E-state index contributed by atoms with van der Waals surface area (Å²) in [6, 6.07) is 9.25. The molecule has 2 aromatic rings. The second-order valence-electron chi connectivity index (χ2n) is 11.1. The molecule has 0 saturated carbocycles. The first-order valence-corrected chi connectivity index (χ1v) is 14.2. The van der Waals surface area contributed by atoms with E-state index in [-0.39, 0.29) is 40.8 Å². The lowest BCUT2D eigenvalue weighted by molar-refractivity contribution is -0.139. The Labute approximate surface area is 217 Å². The van der Waals surface area contributed by atoms with Crippen LogP contribution in [0.2, 0.25) is 0 Å². The first-order chi connectivity index (χ1) is 16.5. The van der Waals surface area contributed by atoms with E-state index in [4.69, 9.17) is 4.18 Å². The van der Waals surface area contributed by atoms with Crippen molar-refractivity contribution in [3.63, 3.8) is 0 Å². The summed E-state index contributed by atoms with van der Waals surface area (Å²) >= 11 is 0. The van der Waals surface area contributed by atoms with Gasteiger partial charge in [-0.25, -0.2) is 9.18 Å². The van der Waals surface area contributed by atoms with Crippen LogP contribution >= 0.6 is 0 Å². The van der Waals surface area contributed by atoms with Crippen LogP contribution in [0.25, 0.3) is 0 Å². The van der Waals surface area contributed by atoms with Crippen LogP contribution < -0.4 is 4.72 Å². The number of halogens is 1. The number of carbonyl (C=O) groups excluding carboxylic acids is 1. The predicted molar refractivity (Wildman–Crippen MR) is 146 cm³/mol. The van der Waals surface area contributed by atoms with Gasteiger partial charge in [-0.2, -0.15) is 8.42 Å². The van der Waals surface area contributed by atoms with Gasteiger partial charge >= 0.3 is 16.3 Å². The van der Waals surface area contributed by atoms with Gasteiger partial charge in [0.1, 0.15) is 0 Å². The van der Waals surface area contributed by atoms with Gasteiger partial charge in [-0.15, -0.1) is 0 Å². The lowest BCUT2D eigenvalue weighted by Crippen LogP contribution is -2.24. The van der Waals surface area contributed by atoms with Crippen molar-refractivity contribution in [1.82, 2.24) is 0 Å². The highest BCUT2D eigenvalue weighted by molar-refractivity contribution is 7.88. The van der Waals surface area contributed by atoms with Gasteiger partial charge in [0.2, 0.25) is 6.17 Å². The molecule has 0 aliphatic carbocycles. The van der Waals surface area contributed by atoms with Gasteiger partial charge in [-0.1, -0.05) is 87.4 Å². The summed E-state index contributed by atoms with van der Waals surface area (Å²) in [5.74, 6) is -1.02. The Morgan fingerprint density at radius 1 is 0.694 bits per heavy atom. The van der Waals surface area contributed by atoms with E-state index in [0.717, 1.165) is 16.7 Å². The summed E-state index contributed by atoms with van der Waals surface area (Å²) in [6.45, 7) is 19.9. The molecule has 1 atom stereocenters. The number of carbonyl (C=O) groups is 1. The molecule has 0 fully saturated rings. The van der Waals surface area contributed by atoms with E-state index in [1.165, 1.54) is 0 Å². The number of benzene rings is 2. The van der Waals surface area contributed by atoms with Crippen molar-refractivity contribution < 1.29 is 21.8 Å². The molecule has 1 N–H and O–H groups in total. The van der Waals surface area contributed by atoms with Crippen molar-refractivity contribution in [2.45, 2.75) is 105 Å². The summed E-state index contributed by atoms with van der Waals surface area (Å²) in [6.07, 6.45) is -2.23. The molecule has 200 valence electrons. The van der Waals surface area contributed by atoms with E-state index in [1.807, 2.05) is 73.6 Å². The number of anilines is 1. The third kappa shape index (κ3) is 7.31. The van der Waals surface area contributed by atoms with E-state index in [2.05, 4.69) is 18.6 Å². The van der Waals surface area contributed by atoms with E-state index < -0.39 is 22.4 Å². The summed E-state index contributed by atoms with van der Waals surface area (Å²) < 4.78 is 48.3. The third-order valence-electron chi connectivity index (χ3n) is 6.38. The maximum absolute atomic E-state index is 15.7. The van der Waals surface area contributed by atoms with E-state index in [9.17, 15) is 13.2 Å². The second kappa shape index (κ2) is 11.8. The minimum absolute atomic E-state index is 0.0646. The summed E-state index contributed by atoms with van der Waals surface area (Å²) in [5.41, 5.74) is 4.79. The maximum Gasteiger partial charge on any atom is 0.410 e. The molecule has 2 aromatic carbocycles. The zero-order valence-electron chi connectivity index (χ0n) is 23.3. The smallest absolute Gasteiger partial charge is 0.326 e. The second-order valence-corrected chi connectivity index (χ2v) is 12.4. The zero-order valence-corrected chi connectivity index (χ0v) is 24.1. The largest absolute Gasteiger partial charge is 0.410 e. The number of hydrogen-bond donors (Lipinski definition) is 1. The van der Waals surface area contributed by atoms with Gasteiger partial charge in [-0.3, -0.25) is 4.72 Å². The molecule has 2 rings (SSSR count). The van der Waals surface area contributed by atoms with Crippen molar-refractivity contribution in [2.24, 2.45) is 0 Å². The molecule has 0 bridgehead atoms. The van der Waals surface area contributed by atoms with Gasteiger partial charge in [0.25, 0.3) is 0 Å². The molecule has 7 heteroatoms. The Hall–Kier alpha value is -2.41. The highest BCUT2D eigenvalue weighted by Crippen LogP contribution is 2.38. The first kappa shape index (κ1) is 29.8. The molecule has 0 spiro atoms. The molecule has 0 saturated heterocycles. The van der Waals surface area contributed by atoms with Crippen LogP contribution in [0.15, 0.2) is 30.3 Å². The van der Waals surface area contributed by atoms with Crippen LogP contribution in [0.5, 0.6) is 0 Å². The average molecular weight is 520 g/mol. The third-order valence-corrected chi connectivity index (χ3v) is 7.25. The fourth-order valence-corrected chi connectivity index (χ4v) is 4.89. The van der Waals surface area contributed by atoms with Crippen molar-refractivity contribution in [3.05, 3.63) is 63.7 Å². The number of nitrogens with one attached hydrogen (secondary N) is 1. The lowest BCUT2D eigenvalue weighted by atomic mass is 9.83. The Kier molecular flexibility index (Phi) is 9.74. The number of rotatable bonds is 10. The topological polar surface area (TPSA) is 72.5 Å². The van der Waals surface area contributed by atoms with Crippen LogP contribution in [0.1, 0.15) is 138 Å². The highest BCUT2D eigenvalue weighted by Gasteiger charge is 2.33. The number of hydrogen-bond acceptors (Lipinski definition) is 4. The van der Waals surface area contributed by atoms with Gasteiger partial charge in [0, 0.05) is 5.56 Å². The van der Waals surface area contributed by atoms with Gasteiger partial charge in [0.15, 0.2) is 0 Å². The minimum Gasteiger partial charge on any atom is -0.326 e. The summed E-state index contributed by atoms with van der Waals surface area (Å²) in [5, 5.41) is 0. The van der Waals surface area contributed by atoms with E-state index >= 15 is 4.39 Å². The first-order valence-electron chi connectivity index (χ1n) is 12.8. The van der Waals surface area contributed by atoms with Crippen molar-refractivity contribution in [2.75, 3.05) is 4.72 Å². The van der Waals surface area contributed by atoms with Crippen molar-refractivity contribution in [1.29, 1.82) is 0 Å². The quantitative estimate of drug-likeness (QED) is 0.343. The van der Waals surface area contributed by atoms with E-state index in [1.54, 1.807) is 12.1 Å². The predicted octanol–water partition coefficient (Wildman–Crippen LogP) is 8.21. The zero-order chi connectivity index (χ0) is 27.5. The van der Waals surface area contributed by atoms with Crippen LogP contribution in [0.3, 0.4) is 0 Å². The normalized spacial score (nSPS) is 13.2. The fourth-order valence-electron chi connectivity index (χ4n) is 4.14. The molecule has 0 aliphatic rings. The van der Waals surface area contributed by atoms with Crippen LogP contribution in [0.4, 0.5) is 10.1 Å². The van der Waals surface area contributed by atoms with E-state index in [0.29, 0.717) is 11.1 Å². The molecule has 36 heavy (non-hydrogen) atoms. The van der Waals surface area contributed by atoms with Gasteiger partial charge < -0.3 is 4.18 Å². The van der Waals surface area contributed by atoms with Crippen molar-refractivity contribution >= 4 is 22.0 Å². The average Bonchev–Trinajstić information content (AvgIpc) is 2.76. The van der Waals surface area contributed by atoms with Gasteiger partial charge in [0.05, 0.1) is 5.69 Å². The SMILES string of the molecule is CC(C)c1cc(NS(=O)(=O)OC(=O)C(F)c2c(C(C)C)cc(C(C)C)cc2C(C)C)cc(C(C)C)c1. The molecule has 5 nitrogen and oxygen atoms in total. The lowest BCUT2D eigenvalue weighted by Gasteiger charge is -2.24. The Bertz CT molecular complexity index is 1130. The molecular formula is C29H42FNO4S. The molecule has 0 radical (unpaired) electrons. The molecule has 0 amide bonds. The fraction of sp³-hybridized carbons (Fsp3) is 0.552. The highest BCUT2D eigenvalue weighted by atomic mass is 32.2. The molecular weight excluding hydrogens is 477 g/mol. The summed E-state index contributed by atoms with van der Waals surface area (Å²) in [4.78, 5) is 12.9. The molecule has 0 aliphatic heterocycles. The monoisotopic (exact) mass is 519 g/mol. The van der Waals surface area contributed by atoms with Crippen molar-refractivity contribution in [3.8, 4) is 0 Å². The molecule has 1 unspecified atom stereocenters. The van der Waals surface area contributed by atoms with Crippen LogP contribution in [-0.2, 0) is 19.3 Å².